The molecule has 1 fully saturated rings. The van der Waals surface area contributed by atoms with E-state index in [1.807, 2.05) is 36.9 Å². The van der Waals surface area contributed by atoms with Crippen molar-refractivity contribution in [1.29, 1.82) is 0 Å². The van der Waals surface area contributed by atoms with Crippen molar-refractivity contribution >= 4 is 34.2 Å². The van der Waals surface area contributed by atoms with E-state index in [1.165, 1.54) is 0 Å². The summed E-state index contributed by atoms with van der Waals surface area (Å²) in [6, 6.07) is 17.6. The van der Waals surface area contributed by atoms with E-state index in [2.05, 4.69) is 15.6 Å². The highest BCUT2D eigenvalue weighted by Crippen LogP contribution is 2.38. The molecule has 5 rings (SSSR count). The molecule has 1 atom stereocenters. The van der Waals surface area contributed by atoms with E-state index in [4.69, 9.17) is 18.9 Å². The highest BCUT2D eigenvalue weighted by atomic mass is 16.5. The summed E-state index contributed by atoms with van der Waals surface area (Å²) in [5.74, 6) is 3.16. The van der Waals surface area contributed by atoms with Crippen LogP contribution in [-0.2, 0) is 4.79 Å². The number of carbonyl (C=O) groups is 2. The molecular formula is C32H34N4O6. The minimum Gasteiger partial charge on any atom is -0.493 e. The molecular weight excluding hydrogens is 536 g/mol. The van der Waals surface area contributed by atoms with Gasteiger partial charge in [-0.3, -0.25) is 9.78 Å². The third-order valence-corrected chi connectivity index (χ3v) is 7.09. The van der Waals surface area contributed by atoms with Crippen LogP contribution in [-0.4, -0.2) is 55.2 Å². The molecule has 3 aromatic carbocycles. The number of rotatable bonds is 9. The Hall–Kier alpha value is -4.99. The van der Waals surface area contributed by atoms with Gasteiger partial charge in [-0.1, -0.05) is 13.0 Å². The highest BCUT2D eigenvalue weighted by molar-refractivity contribution is 6.00. The molecule has 0 aliphatic carbocycles. The number of aromatic nitrogens is 1. The Kier molecular flexibility index (Phi) is 8.61. The lowest BCUT2D eigenvalue weighted by Gasteiger charge is -2.17. The predicted octanol–water partition coefficient (Wildman–Crippen LogP) is 6.39. The van der Waals surface area contributed by atoms with Gasteiger partial charge in [-0.15, -0.1) is 0 Å². The van der Waals surface area contributed by atoms with Gasteiger partial charge < -0.3 is 34.5 Å². The van der Waals surface area contributed by atoms with Crippen LogP contribution in [0, 0.1) is 6.92 Å². The van der Waals surface area contributed by atoms with Gasteiger partial charge in [-0.05, 0) is 55.0 Å². The summed E-state index contributed by atoms with van der Waals surface area (Å²) in [6.45, 7) is 5.11. The third kappa shape index (κ3) is 6.49. The van der Waals surface area contributed by atoms with Crippen LogP contribution in [0.2, 0.25) is 0 Å². The minimum atomic E-state index is -0.394. The van der Waals surface area contributed by atoms with Crippen LogP contribution in [0.25, 0.3) is 10.9 Å². The number of pyridine rings is 1. The first kappa shape index (κ1) is 28.5. The summed E-state index contributed by atoms with van der Waals surface area (Å²) < 4.78 is 23.2. The van der Waals surface area contributed by atoms with Crippen molar-refractivity contribution < 1.29 is 28.5 Å². The number of aryl methyl sites for hydroxylation is 1. The molecule has 3 amide bonds. The van der Waals surface area contributed by atoms with Gasteiger partial charge in [0.15, 0.2) is 11.5 Å². The summed E-state index contributed by atoms with van der Waals surface area (Å²) in [4.78, 5) is 30.9. The Morgan fingerprint density at radius 3 is 2.36 bits per heavy atom. The van der Waals surface area contributed by atoms with Crippen LogP contribution in [0.15, 0.2) is 66.9 Å². The number of ether oxygens (including phenoxy) is 4. The van der Waals surface area contributed by atoms with Crippen LogP contribution in [0.3, 0.4) is 0 Å². The lowest BCUT2D eigenvalue weighted by Crippen LogP contribution is -2.30. The first-order valence-electron chi connectivity index (χ1n) is 13.8. The first-order chi connectivity index (χ1) is 20.4. The van der Waals surface area contributed by atoms with Gasteiger partial charge in [0.25, 0.3) is 0 Å². The molecule has 1 saturated heterocycles. The zero-order valence-electron chi connectivity index (χ0n) is 24.1. The SMILES string of the molecule is CCC(=O)N1CCC(Oc2ccc(NC(=O)Nc3ccc(C)c(Oc4ccnc5cc(OC)c(OC)cc45)c3)cc2)C1. The molecule has 42 heavy (non-hydrogen) atoms. The van der Waals surface area contributed by atoms with Gasteiger partial charge in [0.2, 0.25) is 5.91 Å². The van der Waals surface area contributed by atoms with Crippen LogP contribution < -0.4 is 29.6 Å². The van der Waals surface area contributed by atoms with Crippen molar-refractivity contribution in [2.75, 3.05) is 37.9 Å². The molecule has 2 heterocycles. The maximum atomic E-state index is 12.8. The van der Waals surface area contributed by atoms with Crippen molar-refractivity contribution in [3.8, 4) is 28.7 Å². The standard InChI is InChI=1S/C32H34N4O6/c1-5-31(37)36-15-13-24(19-36)41-23-10-8-21(9-11-23)34-32(38)35-22-7-6-20(2)28(16-22)42-27-12-14-33-26-18-30(40-4)29(39-3)17-25(26)27/h6-12,14,16-18,24H,5,13,15,19H2,1-4H3,(H2,34,35,38). The maximum Gasteiger partial charge on any atom is 0.323 e. The summed E-state index contributed by atoms with van der Waals surface area (Å²) in [7, 11) is 3.16. The number of carbonyl (C=O) groups excluding carboxylic acids is 2. The molecule has 218 valence electrons. The smallest absolute Gasteiger partial charge is 0.323 e. The van der Waals surface area contributed by atoms with Crippen LogP contribution in [0.5, 0.6) is 28.7 Å². The number of anilines is 2. The second kappa shape index (κ2) is 12.7. The monoisotopic (exact) mass is 570 g/mol. The Bertz CT molecular complexity index is 1590. The molecule has 1 aliphatic rings. The zero-order valence-corrected chi connectivity index (χ0v) is 24.1. The number of hydrogen-bond donors (Lipinski definition) is 2. The summed E-state index contributed by atoms with van der Waals surface area (Å²) in [5, 5.41) is 6.46. The number of fused-ring (bicyclic) bond motifs is 1. The van der Waals surface area contributed by atoms with Gasteiger partial charge in [0, 0.05) is 54.5 Å². The van der Waals surface area contributed by atoms with Gasteiger partial charge in [0.1, 0.15) is 23.4 Å². The number of methoxy groups -OCH3 is 2. The van der Waals surface area contributed by atoms with E-state index in [0.717, 1.165) is 17.4 Å². The fourth-order valence-electron chi connectivity index (χ4n) is 4.82. The van der Waals surface area contributed by atoms with Crippen LogP contribution in [0.1, 0.15) is 25.3 Å². The highest BCUT2D eigenvalue weighted by Gasteiger charge is 2.26. The summed E-state index contributed by atoms with van der Waals surface area (Å²) >= 11 is 0. The second-order valence-corrected chi connectivity index (χ2v) is 9.94. The number of amides is 3. The molecule has 1 aromatic heterocycles. The summed E-state index contributed by atoms with van der Waals surface area (Å²) in [5.41, 5.74) is 2.78. The molecule has 10 heteroatoms. The van der Waals surface area contributed by atoms with Gasteiger partial charge in [-0.2, -0.15) is 0 Å². The number of benzene rings is 3. The zero-order chi connectivity index (χ0) is 29.6. The molecule has 0 radical (unpaired) electrons. The molecule has 0 bridgehead atoms. The van der Waals surface area contributed by atoms with E-state index in [0.29, 0.717) is 65.1 Å². The van der Waals surface area contributed by atoms with Crippen LogP contribution in [0.4, 0.5) is 16.2 Å². The van der Waals surface area contributed by atoms with Crippen molar-refractivity contribution in [1.82, 2.24) is 9.88 Å². The van der Waals surface area contributed by atoms with Crippen molar-refractivity contribution in [3.05, 3.63) is 72.4 Å². The van der Waals surface area contributed by atoms with Crippen molar-refractivity contribution in [2.45, 2.75) is 32.8 Å². The average molecular weight is 571 g/mol. The van der Waals surface area contributed by atoms with E-state index in [-0.39, 0.29) is 12.0 Å². The number of likely N-dealkylation sites (tertiary alicyclic amines) is 1. The maximum absolute atomic E-state index is 12.8. The van der Waals surface area contributed by atoms with E-state index >= 15 is 0 Å². The molecule has 0 spiro atoms. The topological polar surface area (TPSA) is 111 Å². The molecule has 4 aromatic rings. The number of nitrogens with one attached hydrogen (secondary N) is 2. The number of urea groups is 1. The Morgan fingerprint density at radius 1 is 0.905 bits per heavy atom. The van der Waals surface area contributed by atoms with Crippen molar-refractivity contribution in [3.63, 3.8) is 0 Å². The second-order valence-electron chi connectivity index (χ2n) is 9.94. The molecule has 1 unspecified atom stereocenters. The average Bonchev–Trinajstić information content (AvgIpc) is 3.47. The quantitative estimate of drug-likeness (QED) is 0.240. The fraction of sp³-hybridized carbons (Fsp3) is 0.281. The number of nitrogens with zero attached hydrogens (tertiary/aromatic N) is 2. The molecule has 10 nitrogen and oxygen atoms in total. The Morgan fingerprint density at radius 2 is 1.62 bits per heavy atom. The van der Waals surface area contributed by atoms with Crippen molar-refractivity contribution in [2.24, 2.45) is 0 Å². The lowest BCUT2D eigenvalue weighted by atomic mass is 10.1. The van der Waals surface area contributed by atoms with Crippen LogP contribution >= 0.6 is 0 Å². The van der Waals surface area contributed by atoms with E-state index in [1.54, 1.807) is 62.9 Å². The van der Waals surface area contributed by atoms with Gasteiger partial charge in [0.05, 0.1) is 26.3 Å². The number of hydrogen-bond acceptors (Lipinski definition) is 7. The largest absolute Gasteiger partial charge is 0.493 e. The first-order valence-corrected chi connectivity index (χ1v) is 13.8. The Balaban J connectivity index is 1.22. The van der Waals surface area contributed by atoms with Gasteiger partial charge >= 0.3 is 6.03 Å². The minimum absolute atomic E-state index is 0.0319. The normalized spacial score (nSPS) is 14.4. The van der Waals surface area contributed by atoms with E-state index < -0.39 is 6.03 Å². The predicted molar refractivity (Wildman–Crippen MR) is 161 cm³/mol. The summed E-state index contributed by atoms with van der Waals surface area (Å²) in [6.07, 6.45) is 2.94. The van der Waals surface area contributed by atoms with Gasteiger partial charge in [-0.25, -0.2) is 4.79 Å². The Labute approximate surface area is 244 Å². The van der Waals surface area contributed by atoms with E-state index in [9.17, 15) is 9.59 Å². The molecule has 0 saturated carbocycles. The third-order valence-electron chi connectivity index (χ3n) is 7.09. The molecule has 2 N–H and O–H groups in total. The molecule has 1 aliphatic heterocycles. The fourth-order valence-corrected chi connectivity index (χ4v) is 4.82. The lowest BCUT2D eigenvalue weighted by molar-refractivity contribution is -0.130.